The molecule has 36 heavy (non-hydrogen) atoms. The van der Waals surface area contributed by atoms with Crippen molar-refractivity contribution >= 4 is 6.21 Å². The molecule has 10 heteroatoms. The fourth-order valence-corrected chi connectivity index (χ4v) is 5.02. The number of aliphatic hydroxyl groups is 1. The fourth-order valence-electron chi connectivity index (χ4n) is 5.02. The molecule has 7 nitrogen and oxygen atoms in total. The summed E-state index contributed by atoms with van der Waals surface area (Å²) in [4.78, 5) is 8.43. The van der Waals surface area contributed by atoms with Gasteiger partial charge in [0.15, 0.2) is 11.5 Å². The predicted octanol–water partition coefficient (Wildman–Crippen LogP) is 3.45. The van der Waals surface area contributed by atoms with Crippen LogP contribution in [-0.2, 0) is 6.42 Å². The number of fused-ring (bicyclic) bond motifs is 2. The molecule has 0 saturated carbocycles. The third-order valence-corrected chi connectivity index (χ3v) is 6.92. The van der Waals surface area contributed by atoms with Crippen molar-refractivity contribution in [3.63, 3.8) is 0 Å². The van der Waals surface area contributed by atoms with Crippen LogP contribution in [0, 0.1) is 0 Å². The maximum atomic E-state index is 14.4. The molecule has 1 fully saturated rings. The standard InChI is InChI=1S/C26H35F3N4O3/c1-4-20(31-21-12-32(13-21)7-5-6-27)11-30-18(3)25-22-10-24-23(35-16-36-24)9-19(22)8-17(2)33(25)14-26(28,29)15-34/h4,9-11,17,21,25,31,34H,3,5-8,12-16H2,1-2H3/b20-4+,30-11-/t17-,25-/m1/s1. The zero-order valence-electron chi connectivity index (χ0n) is 20.9. The lowest BCUT2D eigenvalue weighted by atomic mass is 9.86. The summed E-state index contributed by atoms with van der Waals surface area (Å²) in [6.07, 6.45) is 4.65. The Bertz CT molecular complexity index is 1010. The highest BCUT2D eigenvalue weighted by atomic mass is 19.3. The van der Waals surface area contributed by atoms with Gasteiger partial charge in [-0.1, -0.05) is 12.7 Å². The van der Waals surface area contributed by atoms with E-state index in [0.717, 1.165) is 36.5 Å². The van der Waals surface area contributed by atoms with Crippen LogP contribution >= 0.6 is 0 Å². The molecule has 0 aliphatic carbocycles. The van der Waals surface area contributed by atoms with E-state index in [1.54, 1.807) is 11.1 Å². The molecule has 3 aliphatic heterocycles. The second-order valence-corrected chi connectivity index (χ2v) is 9.68. The number of alkyl halides is 3. The van der Waals surface area contributed by atoms with Gasteiger partial charge in [0.25, 0.3) is 5.92 Å². The fraction of sp³-hybridized carbons (Fsp3) is 0.577. The molecule has 1 aromatic carbocycles. The van der Waals surface area contributed by atoms with Crippen molar-refractivity contribution in [1.29, 1.82) is 0 Å². The highest BCUT2D eigenvalue weighted by Gasteiger charge is 2.41. The van der Waals surface area contributed by atoms with E-state index in [2.05, 4.69) is 21.8 Å². The summed E-state index contributed by atoms with van der Waals surface area (Å²) in [5.74, 6) is -2.06. The van der Waals surface area contributed by atoms with E-state index in [1.807, 2.05) is 32.1 Å². The third kappa shape index (κ3) is 5.87. The molecule has 0 spiro atoms. The van der Waals surface area contributed by atoms with Gasteiger partial charge in [0.05, 0.1) is 31.0 Å². The van der Waals surface area contributed by atoms with E-state index in [1.165, 1.54) is 0 Å². The summed E-state index contributed by atoms with van der Waals surface area (Å²) in [6.45, 7) is 8.30. The van der Waals surface area contributed by atoms with Crippen LogP contribution in [0.4, 0.5) is 13.2 Å². The summed E-state index contributed by atoms with van der Waals surface area (Å²) in [7, 11) is 0. The van der Waals surface area contributed by atoms with Crippen LogP contribution in [0.3, 0.4) is 0 Å². The molecule has 2 atom stereocenters. The number of halogens is 3. The number of aliphatic hydroxyl groups excluding tert-OH is 1. The number of hydrogen-bond donors (Lipinski definition) is 2. The van der Waals surface area contributed by atoms with Gasteiger partial charge >= 0.3 is 0 Å². The zero-order valence-corrected chi connectivity index (χ0v) is 20.9. The number of hydrogen-bond acceptors (Lipinski definition) is 7. The Labute approximate surface area is 210 Å². The molecule has 3 heterocycles. The van der Waals surface area contributed by atoms with Gasteiger partial charge in [0.1, 0.15) is 6.61 Å². The molecule has 0 amide bonds. The highest BCUT2D eigenvalue weighted by Crippen LogP contribution is 2.45. The lowest BCUT2D eigenvalue weighted by Crippen LogP contribution is -2.57. The van der Waals surface area contributed by atoms with Crippen LogP contribution in [0.2, 0.25) is 0 Å². The lowest BCUT2D eigenvalue weighted by Gasteiger charge is -2.43. The normalized spacial score (nSPS) is 23.1. The van der Waals surface area contributed by atoms with Crippen LogP contribution in [0.5, 0.6) is 11.5 Å². The van der Waals surface area contributed by atoms with Crippen molar-refractivity contribution in [2.24, 2.45) is 4.99 Å². The van der Waals surface area contributed by atoms with Crippen molar-refractivity contribution in [1.82, 2.24) is 15.1 Å². The molecular weight excluding hydrogens is 473 g/mol. The molecule has 1 aromatic rings. The maximum Gasteiger partial charge on any atom is 0.283 e. The second-order valence-electron chi connectivity index (χ2n) is 9.68. The smallest absolute Gasteiger partial charge is 0.283 e. The molecule has 0 unspecified atom stereocenters. The van der Waals surface area contributed by atoms with Gasteiger partial charge in [-0.05, 0) is 49.9 Å². The summed E-state index contributed by atoms with van der Waals surface area (Å²) in [5, 5.41) is 12.7. The Balaban J connectivity index is 1.53. The number of rotatable bonds is 11. The zero-order chi connectivity index (χ0) is 25.9. The van der Waals surface area contributed by atoms with Crippen LogP contribution in [-0.4, -0.2) is 85.4 Å². The molecule has 0 aromatic heterocycles. The Morgan fingerprint density at radius 1 is 1.31 bits per heavy atom. The van der Waals surface area contributed by atoms with E-state index < -0.39 is 25.1 Å². The quantitative estimate of drug-likeness (QED) is 0.447. The Hall–Kier alpha value is -2.56. The lowest BCUT2D eigenvalue weighted by molar-refractivity contribution is -0.0866. The van der Waals surface area contributed by atoms with Crippen LogP contribution in [0.1, 0.15) is 37.4 Å². The van der Waals surface area contributed by atoms with Crippen molar-refractivity contribution < 1.29 is 27.8 Å². The molecular formula is C26H35F3N4O3. The average molecular weight is 509 g/mol. The van der Waals surface area contributed by atoms with Gasteiger partial charge in [0.2, 0.25) is 6.79 Å². The molecule has 2 N–H and O–H groups in total. The van der Waals surface area contributed by atoms with Crippen molar-refractivity contribution in [2.75, 3.05) is 46.3 Å². The summed E-state index contributed by atoms with van der Waals surface area (Å²) in [6, 6.07) is 3.12. The molecule has 4 rings (SSSR count). The van der Waals surface area contributed by atoms with E-state index >= 15 is 0 Å². The van der Waals surface area contributed by atoms with Crippen molar-refractivity contribution in [3.8, 4) is 11.5 Å². The first kappa shape index (κ1) is 26.5. The molecule has 198 valence electrons. The first-order valence-corrected chi connectivity index (χ1v) is 12.4. The first-order valence-electron chi connectivity index (χ1n) is 12.4. The Morgan fingerprint density at radius 2 is 2.03 bits per heavy atom. The van der Waals surface area contributed by atoms with Gasteiger partial charge in [0, 0.05) is 37.6 Å². The van der Waals surface area contributed by atoms with E-state index in [0.29, 0.717) is 30.0 Å². The molecule has 0 radical (unpaired) electrons. The van der Waals surface area contributed by atoms with Crippen LogP contribution in [0.15, 0.2) is 41.2 Å². The van der Waals surface area contributed by atoms with Gasteiger partial charge < -0.3 is 19.9 Å². The van der Waals surface area contributed by atoms with Crippen LogP contribution < -0.4 is 14.8 Å². The average Bonchev–Trinajstić information content (AvgIpc) is 3.28. The number of nitrogens with zero attached hydrogens (tertiary/aromatic N) is 3. The van der Waals surface area contributed by atoms with E-state index in [4.69, 9.17) is 9.47 Å². The largest absolute Gasteiger partial charge is 0.454 e. The monoisotopic (exact) mass is 508 g/mol. The SMILES string of the molecule is C=C(/N=C\C(=C/C)NC1CN(CCCF)C1)[C@@H]1c2cc3c(cc2C[C@@H](C)N1CC(F)(F)CO)OCO3. The number of ether oxygens (including phenoxy) is 2. The number of aliphatic imine (C=N–C) groups is 1. The summed E-state index contributed by atoms with van der Waals surface area (Å²) >= 11 is 0. The Morgan fingerprint density at radius 3 is 2.69 bits per heavy atom. The molecule has 0 bridgehead atoms. The number of likely N-dealkylation sites (tertiary alicyclic amines) is 1. The van der Waals surface area contributed by atoms with E-state index in [9.17, 15) is 18.3 Å². The third-order valence-electron chi connectivity index (χ3n) is 6.92. The highest BCUT2D eigenvalue weighted by molar-refractivity contribution is 5.78. The first-order chi connectivity index (χ1) is 17.2. The second kappa shape index (κ2) is 11.2. The minimum atomic E-state index is -3.27. The van der Waals surface area contributed by atoms with Gasteiger partial charge in [-0.2, -0.15) is 0 Å². The maximum absolute atomic E-state index is 14.4. The number of nitrogens with one attached hydrogen (secondary N) is 1. The minimum absolute atomic E-state index is 0.118. The summed E-state index contributed by atoms with van der Waals surface area (Å²) < 4.78 is 52.2. The van der Waals surface area contributed by atoms with Crippen molar-refractivity contribution in [3.05, 3.63) is 47.3 Å². The van der Waals surface area contributed by atoms with Crippen LogP contribution in [0.25, 0.3) is 0 Å². The van der Waals surface area contributed by atoms with Gasteiger partial charge in [-0.3, -0.25) is 19.2 Å². The van der Waals surface area contributed by atoms with Gasteiger partial charge in [-0.25, -0.2) is 8.78 Å². The number of allylic oxidation sites excluding steroid dienone is 2. The molecule has 3 aliphatic rings. The topological polar surface area (TPSA) is 69.6 Å². The predicted molar refractivity (Wildman–Crippen MR) is 133 cm³/mol. The molecule has 1 saturated heterocycles. The summed E-state index contributed by atoms with van der Waals surface area (Å²) in [5.41, 5.74) is 2.98. The number of benzene rings is 1. The van der Waals surface area contributed by atoms with E-state index in [-0.39, 0.29) is 25.6 Å². The van der Waals surface area contributed by atoms with Crippen molar-refractivity contribution in [2.45, 2.75) is 50.7 Å². The Kier molecular flexibility index (Phi) is 8.27. The minimum Gasteiger partial charge on any atom is -0.454 e. The van der Waals surface area contributed by atoms with Gasteiger partial charge in [-0.15, -0.1) is 0 Å².